The molecule has 3 fully saturated rings. The molecule has 0 radical (unpaired) electrons. The normalized spacial score (nSPS) is 20.9. The van der Waals surface area contributed by atoms with Gasteiger partial charge in [0.25, 0.3) is 0 Å². The first-order valence-corrected chi connectivity index (χ1v) is 13.3. The zero-order valence-corrected chi connectivity index (χ0v) is 21.5. The van der Waals surface area contributed by atoms with Crippen molar-refractivity contribution in [3.8, 4) is 5.75 Å². The molecule has 1 atom stereocenters. The highest BCUT2D eigenvalue weighted by atomic mass is 16.5. The van der Waals surface area contributed by atoms with E-state index in [0.29, 0.717) is 44.0 Å². The SMILES string of the molecule is COc1ccccc1NC(=O)N1CCC2(CC1)CCN(C(=O)C1CC(=O)N(CCc3ccccc3)C1)C2. The molecule has 37 heavy (non-hydrogen) atoms. The van der Waals surface area contributed by atoms with E-state index in [0.717, 1.165) is 38.8 Å². The van der Waals surface area contributed by atoms with Crippen molar-refractivity contribution >= 4 is 23.5 Å². The van der Waals surface area contributed by atoms with Crippen LogP contribution in [0.1, 0.15) is 31.2 Å². The fourth-order valence-corrected chi connectivity index (χ4v) is 5.98. The lowest BCUT2D eigenvalue weighted by atomic mass is 9.78. The van der Waals surface area contributed by atoms with Crippen LogP contribution in [0.2, 0.25) is 0 Å². The Morgan fingerprint density at radius 3 is 2.38 bits per heavy atom. The lowest BCUT2D eigenvalue weighted by molar-refractivity contribution is -0.135. The molecule has 3 heterocycles. The molecule has 0 aliphatic carbocycles. The van der Waals surface area contributed by atoms with E-state index >= 15 is 0 Å². The van der Waals surface area contributed by atoms with E-state index in [-0.39, 0.29) is 29.2 Å². The van der Waals surface area contributed by atoms with Gasteiger partial charge in [0.15, 0.2) is 0 Å². The number of rotatable bonds is 6. The number of carbonyl (C=O) groups excluding carboxylic acids is 3. The summed E-state index contributed by atoms with van der Waals surface area (Å²) in [6, 6.07) is 17.4. The summed E-state index contributed by atoms with van der Waals surface area (Å²) in [6.45, 7) is 3.97. The lowest BCUT2D eigenvalue weighted by Crippen LogP contribution is -2.46. The van der Waals surface area contributed by atoms with Crippen molar-refractivity contribution in [2.24, 2.45) is 11.3 Å². The first-order valence-electron chi connectivity index (χ1n) is 13.3. The Balaban J connectivity index is 1.10. The van der Waals surface area contributed by atoms with Gasteiger partial charge < -0.3 is 24.8 Å². The van der Waals surface area contributed by atoms with Gasteiger partial charge in [-0.1, -0.05) is 42.5 Å². The third-order valence-electron chi connectivity index (χ3n) is 8.29. The number of urea groups is 1. The van der Waals surface area contributed by atoms with E-state index in [1.165, 1.54) is 5.56 Å². The highest BCUT2D eigenvalue weighted by Gasteiger charge is 2.45. The number of benzene rings is 2. The van der Waals surface area contributed by atoms with Crippen molar-refractivity contribution in [2.45, 2.75) is 32.1 Å². The number of methoxy groups -OCH3 is 1. The number of likely N-dealkylation sites (tertiary alicyclic amines) is 3. The van der Waals surface area contributed by atoms with Gasteiger partial charge in [0, 0.05) is 45.7 Å². The van der Waals surface area contributed by atoms with Crippen LogP contribution in [0.15, 0.2) is 54.6 Å². The molecule has 4 amide bonds. The van der Waals surface area contributed by atoms with Gasteiger partial charge in [-0.15, -0.1) is 0 Å². The number of nitrogens with one attached hydrogen (secondary N) is 1. The predicted molar refractivity (Wildman–Crippen MR) is 141 cm³/mol. The summed E-state index contributed by atoms with van der Waals surface area (Å²) < 4.78 is 5.34. The summed E-state index contributed by atoms with van der Waals surface area (Å²) in [7, 11) is 1.59. The van der Waals surface area contributed by atoms with Crippen LogP contribution >= 0.6 is 0 Å². The minimum absolute atomic E-state index is 0.0620. The van der Waals surface area contributed by atoms with Gasteiger partial charge >= 0.3 is 6.03 Å². The van der Waals surface area contributed by atoms with Crippen LogP contribution in [-0.4, -0.2) is 78.9 Å². The highest BCUT2D eigenvalue weighted by molar-refractivity contribution is 5.91. The van der Waals surface area contributed by atoms with Gasteiger partial charge in [0.2, 0.25) is 11.8 Å². The molecule has 196 valence electrons. The highest BCUT2D eigenvalue weighted by Crippen LogP contribution is 2.41. The Hall–Kier alpha value is -3.55. The number of hydrogen-bond donors (Lipinski definition) is 1. The van der Waals surface area contributed by atoms with Gasteiger partial charge in [-0.25, -0.2) is 4.79 Å². The molecule has 1 unspecified atom stereocenters. The molecule has 3 aliphatic heterocycles. The maximum absolute atomic E-state index is 13.3. The van der Waals surface area contributed by atoms with Crippen LogP contribution in [0, 0.1) is 11.3 Å². The number of nitrogens with zero attached hydrogens (tertiary/aromatic N) is 3. The first-order chi connectivity index (χ1) is 18.0. The fourth-order valence-electron chi connectivity index (χ4n) is 5.98. The number of ether oxygens (including phenoxy) is 1. The zero-order valence-electron chi connectivity index (χ0n) is 21.5. The second-order valence-corrected chi connectivity index (χ2v) is 10.6. The molecule has 3 saturated heterocycles. The molecule has 0 aromatic heterocycles. The number of para-hydroxylation sites is 2. The van der Waals surface area contributed by atoms with Crippen LogP contribution in [0.25, 0.3) is 0 Å². The van der Waals surface area contributed by atoms with E-state index < -0.39 is 0 Å². The van der Waals surface area contributed by atoms with Crippen LogP contribution in [0.3, 0.4) is 0 Å². The number of anilines is 1. The molecule has 8 nitrogen and oxygen atoms in total. The summed E-state index contributed by atoms with van der Waals surface area (Å²) in [5, 5.41) is 2.96. The van der Waals surface area contributed by atoms with Crippen molar-refractivity contribution in [3.63, 3.8) is 0 Å². The van der Waals surface area contributed by atoms with Gasteiger partial charge in [0.05, 0.1) is 18.7 Å². The molecule has 2 aromatic carbocycles. The fraction of sp³-hybridized carbons (Fsp3) is 0.483. The monoisotopic (exact) mass is 504 g/mol. The minimum atomic E-state index is -0.245. The van der Waals surface area contributed by atoms with Crippen molar-refractivity contribution < 1.29 is 19.1 Å². The molecule has 3 aliphatic rings. The average Bonchev–Trinajstić information content (AvgIpc) is 3.51. The average molecular weight is 505 g/mol. The summed E-state index contributed by atoms with van der Waals surface area (Å²) in [5.41, 5.74) is 1.93. The number of amides is 4. The molecule has 0 bridgehead atoms. The second-order valence-electron chi connectivity index (χ2n) is 10.6. The third kappa shape index (κ3) is 5.58. The summed E-state index contributed by atoms with van der Waals surface area (Å²) in [4.78, 5) is 44.5. The number of piperidine rings is 1. The quantitative estimate of drug-likeness (QED) is 0.651. The Bertz CT molecular complexity index is 1130. The van der Waals surface area contributed by atoms with Crippen LogP contribution in [0.5, 0.6) is 5.75 Å². The van der Waals surface area contributed by atoms with E-state index in [2.05, 4.69) is 17.4 Å². The van der Waals surface area contributed by atoms with Crippen LogP contribution in [-0.2, 0) is 16.0 Å². The van der Waals surface area contributed by atoms with Crippen molar-refractivity contribution in [2.75, 3.05) is 51.7 Å². The van der Waals surface area contributed by atoms with Gasteiger partial charge in [-0.2, -0.15) is 0 Å². The van der Waals surface area contributed by atoms with Gasteiger partial charge in [-0.3, -0.25) is 9.59 Å². The van der Waals surface area contributed by atoms with E-state index in [9.17, 15) is 14.4 Å². The summed E-state index contributed by atoms with van der Waals surface area (Å²) >= 11 is 0. The van der Waals surface area contributed by atoms with Crippen molar-refractivity contribution in [1.82, 2.24) is 14.7 Å². The third-order valence-corrected chi connectivity index (χ3v) is 8.29. The molecule has 5 rings (SSSR count). The first kappa shape index (κ1) is 25.1. The van der Waals surface area contributed by atoms with Crippen LogP contribution in [0.4, 0.5) is 10.5 Å². The minimum Gasteiger partial charge on any atom is -0.495 e. The number of hydrogen-bond acceptors (Lipinski definition) is 4. The van der Waals surface area contributed by atoms with E-state index in [1.807, 2.05) is 57.2 Å². The molecule has 0 saturated carbocycles. The predicted octanol–water partition coefficient (Wildman–Crippen LogP) is 3.63. The van der Waals surface area contributed by atoms with E-state index in [4.69, 9.17) is 4.74 Å². The Morgan fingerprint density at radius 1 is 0.973 bits per heavy atom. The zero-order chi connectivity index (χ0) is 25.8. The van der Waals surface area contributed by atoms with Crippen LogP contribution < -0.4 is 10.1 Å². The number of carbonyl (C=O) groups is 3. The maximum Gasteiger partial charge on any atom is 0.321 e. The molecule has 1 spiro atoms. The second kappa shape index (κ2) is 10.8. The topological polar surface area (TPSA) is 82.2 Å². The molecular formula is C29H36N4O4. The Kier molecular flexibility index (Phi) is 7.35. The molecule has 8 heteroatoms. The van der Waals surface area contributed by atoms with Crippen molar-refractivity contribution in [1.29, 1.82) is 0 Å². The van der Waals surface area contributed by atoms with E-state index in [1.54, 1.807) is 7.11 Å². The maximum atomic E-state index is 13.3. The largest absolute Gasteiger partial charge is 0.495 e. The molecular weight excluding hydrogens is 468 g/mol. The Morgan fingerprint density at radius 2 is 1.65 bits per heavy atom. The smallest absolute Gasteiger partial charge is 0.321 e. The van der Waals surface area contributed by atoms with Gasteiger partial charge in [0.1, 0.15) is 5.75 Å². The summed E-state index contributed by atoms with van der Waals surface area (Å²) in [6.07, 6.45) is 3.83. The lowest BCUT2D eigenvalue weighted by Gasteiger charge is -2.39. The standard InChI is InChI=1S/C29H36N4O4/c1-37-25-10-6-5-9-24(25)30-28(36)31-16-12-29(13-17-31)14-18-33(21-29)27(35)23-19-26(34)32(20-23)15-11-22-7-3-2-4-8-22/h2-10,23H,11-21H2,1H3,(H,30,36). The van der Waals surface area contributed by atoms with Crippen molar-refractivity contribution in [3.05, 3.63) is 60.2 Å². The molecule has 1 N–H and O–H groups in total. The van der Waals surface area contributed by atoms with Gasteiger partial charge in [-0.05, 0) is 48.8 Å². The summed E-state index contributed by atoms with van der Waals surface area (Å²) in [5.74, 6) is 0.588. The Labute approximate surface area is 218 Å². The molecule has 2 aromatic rings.